The minimum Gasteiger partial charge on any atom is -0.379 e. The molecule has 0 N–H and O–H groups in total. The first-order valence-electron chi connectivity index (χ1n) is 5.91. The third-order valence-electron chi connectivity index (χ3n) is 2.06. The second-order valence-electron chi connectivity index (χ2n) is 3.45. The van der Waals surface area contributed by atoms with Gasteiger partial charge in [0.1, 0.15) is 0 Å². The summed E-state index contributed by atoms with van der Waals surface area (Å²) in [6.07, 6.45) is 6.94. The Morgan fingerprint density at radius 3 is 1.56 bits per heavy atom. The maximum absolute atomic E-state index is 11.5. The molecule has 0 atom stereocenters. The first kappa shape index (κ1) is 18.4. The lowest BCUT2D eigenvalue weighted by molar-refractivity contribution is 0.163. The Balaban J connectivity index is 0. The van der Waals surface area contributed by atoms with E-state index in [1.165, 1.54) is 25.7 Å². The normalized spacial score (nSPS) is 10.1. The summed E-state index contributed by atoms with van der Waals surface area (Å²) in [7, 11) is 3.05. The van der Waals surface area contributed by atoms with Crippen LogP contribution in [0.3, 0.4) is 0 Å². The van der Waals surface area contributed by atoms with E-state index >= 15 is 0 Å². The highest BCUT2D eigenvalue weighted by Crippen LogP contribution is 2.04. The number of unbranched alkanes of at least 4 members (excludes halogenated alkanes) is 5. The van der Waals surface area contributed by atoms with Gasteiger partial charge in [-0.15, -0.1) is 0 Å². The average Bonchev–Trinajstić information content (AvgIpc) is 2.32. The van der Waals surface area contributed by atoms with E-state index in [9.17, 15) is 4.39 Å². The van der Waals surface area contributed by atoms with Crippen LogP contribution in [0.5, 0.6) is 0 Å². The SMILES string of the molecule is CCCCCCCCF.CO[SiH](OC)OC. The van der Waals surface area contributed by atoms with Gasteiger partial charge in [-0.05, 0) is 6.42 Å². The van der Waals surface area contributed by atoms with Crippen molar-refractivity contribution in [3.05, 3.63) is 0 Å². The maximum atomic E-state index is 11.5. The lowest BCUT2D eigenvalue weighted by atomic mass is 10.1. The summed E-state index contributed by atoms with van der Waals surface area (Å²) in [4.78, 5) is 0. The molecule has 0 aliphatic carbocycles. The lowest BCUT2D eigenvalue weighted by Gasteiger charge is -2.05. The number of rotatable bonds is 9. The van der Waals surface area contributed by atoms with E-state index in [1.807, 2.05) is 0 Å². The van der Waals surface area contributed by atoms with Gasteiger partial charge in [-0.1, -0.05) is 39.0 Å². The summed E-state index contributed by atoms with van der Waals surface area (Å²) >= 11 is 0. The lowest BCUT2D eigenvalue weighted by Crippen LogP contribution is -2.21. The summed E-state index contributed by atoms with van der Waals surface area (Å²) in [6.45, 7) is 2.06. The molecule has 0 radical (unpaired) electrons. The van der Waals surface area contributed by atoms with Crippen molar-refractivity contribution in [2.24, 2.45) is 0 Å². The number of halogens is 1. The van der Waals surface area contributed by atoms with Gasteiger partial charge in [0.2, 0.25) is 0 Å². The Kier molecular flexibility index (Phi) is 20.0. The Hall–Kier alpha value is 0.0269. The first-order chi connectivity index (χ1) is 7.76. The molecule has 0 unspecified atom stereocenters. The molecule has 3 nitrogen and oxygen atoms in total. The van der Waals surface area contributed by atoms with E-state index in [4.69, 9.17) is 13.3 Å². The molecule has 0 rings (SSSR count). The summed E-state index contributed by atoms with van der Waals surface area (Å²) < 4.78 is 25.7. The molecule has 0 aliphatic rings. The van der Waals surface area contributed by atoms with E-state index in [2.05, 4.69) is 6.92 Å². The van der Waals surface area contributed by atoms with E-state index < -0.39 is 9.53 Å². The number of alkyl halides is 1. The van der Waals surface area contributed by atoms with Crippen LogP contribution in [0, 0.1) is 0 Å². The summed E-state index contributed by atoms with van der Waals surface area (Å²) in [5.41, 5.74) is 0. The minimum atomic E-state index is -1.67. The molecule has 0 aromatic heterocycles. The fraction of sp³-hybridized carbons (Fsp3) is 1.00. The topological polar surface area (TPSA) is 27.7 Å². The molecule has 0 fully saturated rings. The van der Waals surface area contributed by atoms with Crippen molar-refractivity contribution < 1.29 is 17.7 Å². The van der Waals surface area contributed by atoms with Crippen LogP contribution in [-0.4, -0.2) is 37.5 Å². The van der Waals surface area contributed by atoms with Crippen LogP contribution in [0.2, 0.25) is 0 Å². The summed E-state index contributed by atoms with van der Waals surface area (Å²) in [5, 5.41) is 0. The van der Waals surface area contributed by atoms with E-state index in [1.54, 1.807) is 21.3 Å². The molecule has 0 bridgehead atoms. The van der Waals surface area contributed by atoms with Crippen LogP contribution in [0.4, 0.5) is 4.39 Å². The molecule has 0 heterocycles. The molecule has 0 aliphatic heterocycles. The molecular weight excluding hydrogens is 227 g/mol. The fourth-order valence-electron chi connectivity index (χ4n) is 1.16. The molecule has 0 amide bonds. The Morgan fingerprint density at radius 2 is 1.25 bits per heavy atom. The van der Waals surface area contributed by atoms with E-state index in [0.29, 0.717) is 0 Å². The molecule has 0 saturated heterocycles. The van der Waals surface area contributed by atoms with E-state index in [-0.39, 0.29) is 6.67 Å². The average molecular weight is 254 g/mol. The van der Waals surface area contributed by atoms with Crippen LogP contribution in [0.15, 0.2) is 0 Å². The highest BCUT2D eigenvalue weighted by molar-refractivity contribution is 6.36. The van der Waals surface area contributed by atoms with Crippen molar-refractivity contribution in [3.8, 4) is 0 Å². The summed E-state index contributed by atoms with van der Waals surface area (Å²) in [6, 6.07) is 0. The van der Waals surface area contributed by atoms with Gasteiger partial charge in [0.25, 0.3) is 0 Å². The van der Waals surface area contributed by atoms with Crippen molar-refractivity contribution in [2.75, 3.05) is 28.0 Å². The molecule has 0 spiro atoms. The Morgan fingerprint density at radius 1 is 0.812 bits per heavy atom. The number of hydrogen-bond acceptors (Lipinski definition) is 3. The molecule has 0 aromatic rings. The van der Waals surface area contributed by atoms with E-state index in [0.717, 1.165) is 12.8 Å². The molecule has 5 heteroatoms. The first-order valence-corrected chi connectivity index (χ1v) is 7.32. The van der Waals surface area contributed by atoms with Gasteiger partial charge in [-0.2, -0.15) is 0 Å². The van der Waals surface area contributed by atoms with Crippen LogP contribution in [-0.2, 0) is 13.3 Å². The van der Waals surface area contributed by atoms with Crippen LogP contribution < -0.4 is 0 Å². The monoisotopic (exact) mass is 254 g/mol. The highest BCUT2D eigenvalue weighted by atomic mass is 28.3. The maximum Gasteiger partial charge on any atom is 0.483 e. The van der Waals surface area contributed by atoms with Crippen molar-refractivity contribution in [3.63, 3.8) is 0 Å². The molecule has 0 aromatic carbocycles. The molecule has 0 saturated carbocycles. The Labute approximate surface area is 101 Å². The quantitative estimate of drug-likeness (QED) is 0.468. The zero-order valence-corrected chi connectivity index (χ0v) is 12.3. The fourth-order valence-corrected chi connectivity index (χ4v) is 1.74. The third kappa shape index (κ3) is 16.5. The van der Waals surface area contributed by atoms with Crippen LogP contribution in [0.25, 0.3) is 0 Å². The van der Waals surface area contributed by atoms with Crippen molar-refractivity contribution >= 4 is 9.53 Å². The van der Waals surface area contributed by atoms with Gasteiger partial charge in [0.15, 0.2) is 0 Å². The zero-order valence-electron chi connectivity index (χ0n) is 11.1. The minimum absolute atomic E-state index is 0.133. The molecule has 100 valence electrons. The largest absolute Gasteiger partial charge is 0.483 e. The summed E-state index contributed by atoms with van der Waals surface area (Å²) in [5.74, 6) is 0. The van der Waals surface area contributed by atoms with Gasteiger partial charge >= 0.3 is 9.53 Å². The highest BCUT2D eigenvalue weighted by Gasteiger charge is 2.04. The van der Waals surface area contributed by atoms with Crippen molar-refractivity contribution in [1.82, 2.24) is 0 Å². The van der Waals surface area contributed by atoms with Gasteiger partial charge in [-0.3, -0.25) is 4.39 Å². The van der Waals surface area contributed by atoms with Crippen molar-refractivity contribution in [1.29, 1.82) is 0 Å². The number of hydrogen-bond donors (Lipinski definition) is 0. The van der Waals surface area contributed by atoms with Gasteiger partial charge in [0, 0.05) is 21.3 Å². The predicted molar refractivity (Wildman–Crippen MR) is 67.5 cm³/mol. The Bertz CT molecular complexity index is 102. The van der Waals surface area contributed by atoms with Crippen molar-refractivity contribution in [2.45, 2.75) is 45.4 Å². The third-order valence-corrected chi connectivity index (χ3v) is 3.22. The van der Waals surface area contributed by atoms with Gasteiger partial charge in [-0.25, -0.2) is 0 Å². The van der Waals surface area contributed by atoms with Gasteiger partial charge in [0.05, 0.1) is 6.67 Å². The van der Waals surface area contributed by atoms with Crippen LogP contribution in [0.1, 0.15) is 45.4 Å². The smallest absolute Gasteiger partial charge is 0.379 e. The second-order valence-corrected chi connectivity index (χ2v) is 5.44. The van der Waals surface area contributed by atoms with Crippen LogP contribution >= 0.6 is 0 Å². The van der Waals surface area contributed by atoms with Gasteiger partial charge < -0.3 is 13.3 Å². The second kappa shape index (κ2) is 17.4. The predicted octanol–water partition coefficient (Wildman–Crippen LogP) is 2.96. The molecule has 16 heavy (non-hydrogen) atoms. The standard InChI is InChI=1S/C8H17F.C3H10O3Si/c1-2-3-4-5-6-7-8-9;1-4-7(5-2)6-3/h2-8H2,1H3;7H,1-3H3. The zero-order chi connectivity index (χ0) is 12.6. The molecular formula is C11H27FO3Si.